The van der Waals surface area contributed by atoms with Gasteiger partial charge in [0.2, 0.25) is 0 Å². The van der Waals surface area contributed by atoms with Crippen LogP contribution in [0.15, 0.2) is 95.1 Å². The van der Waals surface area contributed by atoms with Gasteiger partial charge in [-0.1, -0.05) is 60.7 Å². The Morgan fingerprint density at radius 2 is 1.61 bits per heavy atom. The molecule has 0 saturated heterocycles. The van der Waals surface area contributed by atoms with Gasteiger partial charge >= 0.3 is 0 Å². The van der Waals surface area contributed by atoms with Crippen LogP contribution in [0, 0.1) is 13.8 Å². The third kappa shape index (κ3) is 4.57. The maximum Gasteiger partial charge on any atom is 0.276 e. The van der Waals surface area contributed by atoms with E-state index in [1.54, 1.807) is 23.7 Å². The number of sulfonamides is 1. The van der Waals surface area contributed by atoms with Gasteiger partial charge in [-0.25, -0.2) is 9.51 Å². The molecule has 156 valence electrons. The second-order valence-electron chi connectivity index (χ2n) is 7.20. The highest BCUT2D eigenvalue weighted by Crippen LogP contribution is 2.22. The molecule has 31 heavy (non-hydrogen) atoms. The molecule has 0 aliphatic carbocycles. The summed E-state index contributed by atoms with van der Waals surface area (Å²) in [6, 6.07) is 24.7. The summed E-state index contributed by atoms with van der Waals surface area (Å²) < 4.78 is 27.2. The Morgan fingerprint density at radius 1 is 0.935 bits per heavy atom. The van der Waals surface area contributed by atoms with E-state index in [0.717, 1.165) is 16.8 Å². The Labute approximate surface area is 181 Å². The number of nitrogens with zero attached hydrogens (tertiary/aromatic N) is 3. The van der Waals surface area contributed by atoms with Crippen LogP contribution in [0.25, 0.3) is 16.9 Å². The fourth-order valence-electron chi connectivity index (χ4n) is 3.23. The van der Waals surface area contributed by atoms with Crippen LogP contribution < -0.4 is 4.83 Å². The lowest BCUT2D eigenvalue weighted by Crippen LogP contribution is -2.19. The Hall–Kier alpha value is -3.71. The summed E-state index contributed by atoms with van der Waals surface area (Å²) in [5, 5.41) is 8.74. The first-order valence-electron chi connectivity index (χ1n) is 9.77. The zero-order chi connectivity index (χ0) is 21.8. The van der Waals surface area contributed by atoms with Crippen molar-refractivity contribution in [2.75, 3.05) is 0 Å². The number of hydrogen-bond acceptors (Lipinski definition) is 4. The monoisotopic (exact) mass is 430 g/mol. The van der Waals surface area contributed by atoms with Gasteiger partial charge in [-0.3, -0.25) is 0 Å². The normalized spacial score (nSPS) is 11.7. The lowest BCUT2D eigenvalue weighted by molar-refractivity contribution is 0.584. The minimum Gasteiger partial charge on any atom is -0.240 e. The second kappa shape index (κ2) is 8.57. The number of nitrogens with one attached hydrogen (secondary N) is 1. The smallest absolute Gasteiger partial charge is 0.240 e. The number of aromatic nitrogens is 2. The van der Waals surface area contributed by atoms with Crippen LogP contribution in [0.4, 0.5) is 0 Å². The van der Waals surface area contributed by atoms with Crippen molar-refractivity contribution in [2.24, 2.45) is 5.10 Å². The fourth-order valence-corrected chi connectivity index (χ4v) is 4.35. The minimum atomic E-state index is -3.78. The van der Waals surface area contributed by atoms with E-state index in [0.29, 0.717) is 16.8 Å². The Kier molecular flexibility index (Phi) is 5.68. The van der Waals surface area contributed by atoms with Gasteiger partial charge in [0, 0.05) is 17.3 Å². The first-order chi connectivity index (χ1) is 14.9. The predicted octanol–water partition coefficient (Wildman–Crippen LogP) is 4.47. The SMILES string of the molecule is Cc1ccc(C)c(S(=O)(=O)NN=Cc2cn(-c3ccccc3)nc2-c2ccccc2)c1. The van der Waals surface area contributed by atoms with E-state index in [1.165, 1.54) is 6.21 Å². The van der Waals surface area contributed by atoms with E-state index in [1.807, 2.05) is 79.9 Å². The van der Waals surface area contributed by atoms with Crippen LogP contribution in [-0.2, 0) is 10.0 Å². The lowest BCUT2D eigenvalue weighted by atomic mass is 10.1. The van der Waals surface area contributed by atoms with Crippen molar-refractivity contribution in [2.45, 2.75) is 18.7 Å². The standard InChI is InChI=1S/C24H22N4O2S/c1-18-13-14-19(2)23(15-18)31(29,30)27-25-16-21-17-28(22-11-7-4-8-12-22)26-24(21)20-9-5-3-6-10-20/h3-17,27H,1-2H3. The van der Waals surface area contributed by atoms with Crippen LogP contribution >= 0.6 is 0 Å². The van der Waals surface area contributed by atoms with E-state index in [4.69, 9.17) is 5.10 Å². The highest BCUT2D eigenvalue weighted by Gasteiger charge is 2.16. The van der Waals surface area contributed by atoms with Crippen LogP contribution in [0.1, 0.15) is 16.7 Å². The molecule has 4 rings (SSSR count). The van der Waals surface area contributed by atoms with Crippen molar-refractivity contribution in [3.8, 4) is 16.9 Å². The second-order valence-corrected chi connectivity index (χ2v) is 8.83. The third-order valence-corrected chi connectivity index (χ3v) is 6.18. The number of para-hydroxylation sites is 1. The van der Waals surface area contributed by atoms with Crippen LogP contribution in [0.2, 0.25) is 0 Å². The molecule has 0 aliphatic heterocycles. The van der Waals surface area contributed by atoms with Crippen molar-refractivity contribution in [1.82, 2.24) is 14.6 Å². The third-order valence-electron chi connectivity index (χ3n) is 4.82. The van der Waals surface area contributed by atoms with Gasteiger partial charge in [-0.2, -0.15) is 18.6 Å². The van der Waals surface area contributed by atoms with Crippen LogP contribution in [0.3, 0.4) is 0 Å². The van der Waals surface area contributed by atoms with Crippen molar-refractivity contribution in [1.29, 1.82) is 0 Å². The molecule has 1 heterocycles. The molecule has 0 spiro atoms. The average Bonchev–Trinajstić information content (AvgIpc) is 3.20. The minimum absolute atomic E-state index is 0.216. The molecule has 1 aromatic heterocycles. The highest BCUT2D eigenvalue weighted by molar-refractivity contribution is 7.89. The number of aryl methyl sites for hydroxylation is 2. The lowest BCUT2D eigenvalue weighted by Gasteiger charge is -2.07. The molecule has 0 atom stereocenters. The number of hydrogen-bond donors (Lipinski definition) is 1. The van der Waals surface area contributed by atoms with Crippen LogP contribution in [-0.4, -0.2) is 24.4 Å². The number of rotatable bonds is 6. The molecule has 0 aliphatic rings. The molecule has 6 nitrogen and oxygen atoms in total. The first kappa shape index (κ1) is 20.6. The molecule has 0 amide bonds. The van der Waals surface area contributed by atoms with Crippen molar-refractivity contribution < 1.29 is 8.42 Å². The van der Waals surface area contributed by atoms with Gasteiger partial charge < -0.3 is 0 Å². The Morgan fingerprint density at radius 3 is 2.32 bits per heavy atom. The molecule has 0 bridgehead atoms. The van der Waals surface area contributed by atoms with Gasteiger partial charge in [0.1, 0.15) is 5.69 Å². The topological polar surface area (TPSA) is 76.3 Å². The van der Waals surface area contributed by atoms with Gasteiger partial charge in [0.25, 0.3) is 10.0 Å². The van der Waals surface area contributed by atoms with E-state index in [9.17, 15) is 8.42 Å². The number of benzene rings is 3. The zero-order valence-electron chi connectivity index (χ0n) is 17.2. The molecule has 0 saturated carbocycles. The summed E-state index contributed by atoms with van der Waals surface area (Å²) in [6.45, 7) is 3.61. The van der Waals surface area contributed by atoms with E-state index >= 15 is 0 Å². The Balaban J connectivity index is 1.68. The number of hydrazone groups is 1. The van der Waals surface area contributed by atoms with Crippen molar-refractivity contribution in [3.05, 3.63) is 102 Å². The van der Waals surface area contributed by atoms with Gasteiger partial charge in [0.15, 0.2) is 0 Å². The molecule has 0 radical (unpaired) electrons. The Bertz CT molecular complexity index is 1330. The summed E-state index contributed by atoms with van der Waals surface area (Å²) in [6.07, 6.45) is 3.31. The molecule has 3 aromatic carbocycles. The molecule has 1 N–H and O–H groups in total. The maximum atomic E-state index is 12.7. The van der Waals surface area contributed by atoms with Gasteiger partial charge in [-0.05, 0) is 43.2 Å². The highest BCUT2D eigenvalue weighted by atomic mass is 32.2. The largest absolute Gasteiger partial charge is 0.276 e. The average molecular weight is 431 g/mol. The fraction of sp³-hybridized carbons (Fsp3) is 0.0833. The van der Waals surface area contributed by atoms with Crippen LogP contribution in [0.5, 0.6) is 0 Å². The van der Waals surface area contributed by atoms with E-state index < -0.39 is 10.0 Å². The zero-order valence-corrected chi connectivity index (χ0v) is 18.0. The summed E-state index contributed by atoms with van der Waals surface area (Å²) >= 11 is 0. The van der Waals surface area contributed by atoms with Crippen molar-refractivity contribution in [3.63, 3.8) is 0 Å². The van der Waals surface area contributed by atoms with E-state index in [2.05, 4.69) is 9.93 Å². The summed E-state index contributed by atoms with van der Waals surface area (Å²) in [4.78, 5) is 2.54. The molecule has 0 fully saturated rings. The molecular weight excluding hydrogens is 408 g/mol. The predicted molar refractivity (Wildman–Crippen MR) is 123 cm³/mol. The maximum absolute atomic E-state index is 12.7. The van der Waals surface area contributed by atoms with E-state index in [-0.39, 0.29) is 4.90 Å². The quantitative estimate of drug-likeness (QED) is 0.362. The summed E-state index contributed by atoms with van der Waals surface area (Å²) in [5.41, 5.74) is 4.74. The van der Waals surface area contributed by atoms with Gasteiger partial charge in [-0.15, -0.1) is 0 Å². The summed E-state index contributed by atoms with van der Waals surface area (Å²) in [7, 11) is -3.78. The molecular formula is C24H22N4O2S. The first-order valence-corrected chi connectivity index (χ1v) is 11.2. The molecule has 4 aromatic rings. The summed E-state index contributed by atoms with van der Waals surface area (Å²) in [5.74, 6) is 0. The molecule has 0 unspecified atom stereocenters. The van der Waals surface area contributed by atoms with Gasteiger partial charge in [0.05, 0.1) is 16.8 Å². The van der Waals surface area contributed by atoms with Crippen molar-refractivity contribution >= 4 is 16.2 Å². The molecule has 7 heteroatoms.